The van der Waals surface area contributed by atoms with E-state index in [1.807, 2.05) is 0 Å². The maximum Gasteiger partial charge on any atom is 0.315 e. The van der Waals surface area contributed by atoms with E-state index in [4.69, 9.17) is 58.0 Å². The number of alkyl halides is 4. The summed E-state index contributed by atoms with van der Waals surface area (Å²) in [5, 5.41) is 6.73. The van der Waals surface area contributed by atoms with Gasteiger partial charge in [-0.3, -0.25) is 14.4 Å². The van der Waals surface area contributed by atoms with E-state index >= 15 is 0 Å². The molecule has 1 saturated carbocycles. The SMILES string of the molecule is O=C(Nc1cc(F)c(NC(=O)C(F)F)c(F)c1)c1cc(NC(=O)[C@H]2[C@H](c3ccc(Cl)c(Cl)c3)C2(Cl)Cl)ccc1Cl. The van der Waals surface area contributed by atoms with Crippen LogP contribution >= 0.6 is 58.0 Å². The van der Waals surface area contributed by atoms with Gasteiger partial charge in [0.1, 0.15) is 10.0 Å². The first-order valence-corrected chi connectivity index (χ1v) is 12.9. The molecule has 1 aliphatic carbocycles. The Morgan fingerprint density at radius 2 is 1.40 bits per heavy atom. The van der Waals surface area contributed by atoms with Gasteiger partial charge in [0.2, 0.25) is 5.91 Å². The van der Waals surface area contributed by atoms with Gasteiger partial charge in [-0.15, -0.1) is 23.2 Å². The van der Waals surface area contributed by atoms with Crippen LogP contribution in [-0.2, 0) is 9.59 Å². The molecule has 6 nitrogen and oxygen atoms in total. The van der Waals surface area contributed by atoms with Crippen molar-refractivity contribution in [3.8, 4) is 0 Å². The fourth-order valence-electron chi connectivity index (χ4n) is 3.91. The van der Waals surface area contributed by atoms with Crippen molar-refractivity contribution in [3.05, 3.63) is 86.4 Å². The molecule has 0 aliphatic heterocycles. The molecule has 4 rings (SSSR count). The van der Waals surface area contributed by atoms with E-state index in [1.54, 1.807) is 18.2 Å². The third kappa shape index (κ3) is 6.26. The van der Waals surface area contributed by atoms with Crippen molar-refractivity contribution in [2.45, 2.75) is 16.7 Å². The Kier molecular flexibility index (Phi) is 8.77. The molecule has 1 aliphatic rings. The summed E-state index contributed by atoms with van der Waals surface area (Å²) in [5.74, 6) is -7.70. The third-order valence-electron chi connectivity index (χ3n) is 5.86. The molecule has 210 valence electrons. The molecular weight excluding hydrogens is 644 g/mol. The topological polar surface area (TPSA) is 87.3 Å². The van der Waals surface area contributed by atoms with Gasteiger partial charge in [-0.2, -0.15) is 8.78 Å². The van der Waals surface area contributed by atoms with E-state index in [0.717, 1.165) is 0 Å². The van der Waals surface area contributed by atoms with Crippen LogP contribution < -0.4 is 16.0 Å². The largest absolute Gasteiger partial charge is 0.326 e. The highest BCUT2D eigenvalue weighted by molar-refractivity contribution is 6.53. The fourth-order valence-corrected chi connectivity index (χ4v) is 5.25. The van der Waals surface area contributed by atoms with Crippen LogP contribution in [0.2, 0.25) is 15.1 Å². The number of carbonyl (C=O) groups excluding carboxylic acids is 3. The van der Waals surface area contributed by atoms with Crippen LogP contribution in [0, 0.1) is 17.6 Å². The van der Waals surface area contributed by atoms with E-state index in [9.17, 15) is 31.9 Å². The van der Waals surface area contributed by atoms with Crippen molar-refractivity contribution < 1.29 is 31.9 Å². The van der Waals surface area contributed by atoms with Crippen molar-refractivity contribution in [2.75, 3.05) is 16.0 Å². The molecule has 0 radical (unpaired) electrons. The minimum Gasteiger partial charge on any atom is -0.326 e. The number of rotatable bonds is 7. The maximum atomic E-state index is 14.3. The smallest absolute Gasteiger partial charge is 0.315 e. The molecule has 0 spiro atoms. The van der Waals surface area contributed by atoms with E-state index in [2.05, 4.69) is 10.6 Å². The standard InChI is InChI=1S/C25H14Cl5F4N3O3/c26-13-4-2-10(35-23(39)19-18(25(19,29)30)9-1-3-14(27)15(28)5-9)6-12(13)22(38)36-11-7-16(31)20(17(32)8-11)37-24(40)21(33)34/h1-8,18-19,21H,(H,35,39)(H,36,38)(H,37,40)/t18-,19+/m0/s1. The van der Waals surface area contributed by atoms with Gasteiger partial charge < -0.3 is 16.0 Å². The van der Waals surface area contributed by atoms with Crippen LogP contribution in [0.25, 0.3) is 0 Å². The van der Waals surface area contributed by atoms with Gasteiger partial charge in [0, 0.05) is 17.3 Å². The van der Waals surface area contributed by atoms with Crippen LogP contribution in [0.3, 0.4) is 0 Å². The number of anilines is 3. The van der Waals surface area contributed by atoms with Crippen molar-refractivity contribution in [1.82, 2.24) is 0 Å². The minimum absolute atomic E-state index is 0.0682. The number of amides is 3. The summed E-state index contributed by atoms with van der Waals surface area (Å²) in [5.41, 5.74) is -0.979. The van der Waals surface area contributed by atoms with Crippen molar-refractivity contribution >= 4 is 92.8 Å². The first kappa shape index (κ1) is 30.2. The van der Waals surface area contributed by atoms with Crippen LogP contribution in [0.5, 0.6) is 0 Å². The Morgan fingerprint density at radius 1 is 0.775 bits per heavy atom. The van der Waals surface area contributed by atoms with Crippen LogP contribution in [0.4, 0.5) is 34.6 Å². The quantitative estimate of drug-likeness (QED) is 0.178. The van der Waals surface area contributed by atoms with Gasteiger partial charge in [0.05, 0.1) is 26.5 Å². The molecular formula is C25H14Cl5F4N3O3. The summed E-state index contributed by atoms with van der Waals surface area (Å²) < 4.78 is 51.9. The zero-order valence-electron chi connectivity index (χ0n) is 19.5. The van der Waals surface area contributed by atoms with Crippen LogP contribution in [0.1, 0.15) is 21.8 Å². The highest BCUT2D eigenvalue weighted by atomic mass is 35.5. The van der Waals surface area contributed by atoms with Gasteiger partial charge >= 0.3 is 6.43 Å². The van der Waals surface area contributed by atoms with E-state index < -0.39 is 63.3 Å². The van der Waals surface area contributed by atoms with Crippen molar-refractivity contribution in [2.24, 2.45) is 5.92 Å². The van der Waals surface area contributed by atoms with E-state index in [1.165, 1.54) is 23.5 Å². The van der Waals surface area contributed by atoms with Crippen molar-refractivity contribution in [1.29, 1.82) is 0 Å². The Bertz CT molecular complexity index is 1520. The average Bonchev–Trinajstić information content (AvgIpc) is 3.45. The first-order chi connectivity index (χ1) is 18.7. The zero-order chi connectivity index (χ0) is 29.5. The van der Waals surface area contributed by atoms with Crippen LogP contribution in [-0.4, -0.2) is 28.5 Å². The van der Waals surface area contributed by atoms with Gasteiger partial charge in [-0.25, -0.2) is 8.78 Å². The lowest BCUT2D eigenvalue weighted by Crippen LogP contribution is -2.22. The number of nitrogens with one attached hydrogen (secondary N) is 3. The minimum atomic E-state index is -3.50. The normalized spacial score (nSPS) is 17.4. The molecule has 40 heavy (non-hydrogen) atoms. The molecule has 1 fully saturated rings. The number of halogens is 9. The highest BCUT2D eigenvalue weighted by Gasteiger charge is 2.67. The molecule has 3 N–H and O–H groups in total. The summed E-state index contributed by atoms with van der Waals surface area (Å²) in [6.45, 7) is 0. The van der Waals surface area contributed by atoms with Gasteiger partial charge in [-0.05, 0) is 48.0 Å². The number of hydrogen-bond acceptors (Lipinski definition) is 3. The summed E-state index contributed by atoms with van der Waals surface area (Å²) in [6, 6.07) is 9.87. The molecule has 0 unspecified atom stereocenters. The second kappa shape index (κ2) is 11.6. The summed E-state index contributed by atoms with van der Waals surface area (Å²) in [4.78, 5) is 36.9. The first-order valence-electron chi connectivity index (χ1n) is 11.0. The Morgan fingerprint density at radius 3 is 2.00 bits per heavy atom. The Balaban J connectivity index is 1.49. The summed E-state index contributed by atoms with van der Waals surface area (Å²) >= 11 is 30.8. The predicted molar refractivity (Wildman–Crippen MR) is 146 cm³/mol. The van der Waals surface area contributed by atoms with Gasteiger partial charge in [-0.1, -0.05) is 40.9 Å². The van der Waals surface area contributed by atoms with Gasteiger partial charge in [0.25, 0.3) is 11.8 Å². The fraction of sp³-hybridized carbons (Fsp3) is 0.160. The molecule has 0 aromatic heterocycles. The van der Waals surface area contributed by atoms with E-state index in [0.29, 0.717) is 22.7 Å². The second-order valence-electron chi connectivity index (χ2n) is 8.55. The second-order valence-corrected chi connectivity index (χ2v) is 11.2. The van der Waals surface area contributed by atoms with E-state index in [-0.39, 0.29) is 21.3 Å². The average molecular weight is 658 g/mol. The molecule has 3 amide bonds. The lowest BCUT2D eigenvalue weighted by Gasteiger charge is -2.12. The molecule has 3 aromatic rings. The zero-order valence-corrected chi connectivity index (χ0v) is 23.3. The molecule has 0 heterocycles. The molecule has 0 saturated heterocycles. The Labute approximate surface area is 248 Å². The summed E-state index contributed by atoms with van der Waals surface area (Å²) in [7, 11) is 0. The van der Waals surface area contributed by atoms with Crippen molar-refractivity contribution in [3.63, 3.8) is 0 Å². The highest BCUT2D eigenvalue weighted by Crippen LogP contribution is 2.65. The number of carbonyl (C=O) groups is 3. The molecule has 15 heteroatoms. The van der Waals surface area contributed by atoms with Crippen LogP contribution in [0.15, 0.2) is 48.5 Å². The Hall–Kier alpha value is -2.76. The monoisotopic (exact) mass is 655 g/mol. The maximum absolute atomic E-state index is 14.3. The lowest BCUT2D eigenvalue weighted by molar-refractivity contribution is -0.126. The molecule has 0 bridgehead atoms. The third-order valence-corrected chi connectivity index (χ3v) is 7.87. The molecule has 2 atom stereocenters. The predicted octanol–water partition coefficient (Wildman–Crippen LogP) is 7.91. The number of hydrogen-bond donors (Lipinski definition) is 3. The lowest BCUT2D eigenvalue weighted by atomic mass is 10.1. The number of benzene rings is 3. The molecule has 3 aromatic carbocycles. The summed E-state index contributed by atoms with van der Waals surface area (Å²) in [6.07, 6.45) is -3.50. The van der Waals surface area contributed by atoms with Gasteiger partial charge in [0.15, 0.2) is 11.6 Å².